The van der Waals surface area contributed by atoms with Gasteiger partial charge in [-0.3, -0.25) is 0 Å². The molecule has 0 atom stereocenters. The van der Waals surface area contributed by atoms with E-state index in [0.717, 1.165) is 27.6 Å². The molecule has 3 nitrogen and oxygen atoms in total. The predicted molar refractivity (Wildman–Crippen MR) is 77.9 cm³/mol. The molecule has 0 saturated carbocycles. The van der Waals surface area contributed by atoms with Gasteiger partial charge in [0.15, 0.2) is 0 Å². The highest BCUT2D eigenvalue weighted by Gasteiger charge is 2.02. The zero-order chi connectivity index (χ0) is 13.8. The number of nitrogens with two attached hydrogens (primary N) is 1. The summed E-state index contributed by atoms with van der Waals surface area (Å²) >= 11 is 5.97. The molecule has 2 N–H and O–H groups in total. The lowest BCUT2D eigenvalue weighted by atomic mass is 10.2. The number of rotatable bonds is 4. The molecule has 100 valence electrons. The van der Waals surface area contributed by atoms with Gasteiger partial charge in [0.05, 0.1) is 7.11 Å². The van der Waals surface area contributed by atoms with Crippen molar-refractivity contribution in [2.75, 3.05) is 12.8 Å². The summed E-state index contributed by atoms with van der Waals surface area (Å²) in [4.78, 5) is 0. The highest BCUT2D eigenvalue weighted by atomic mass is 35.5. The number of nitrogen functional groups attached to an aromatic ring is 1. The van der Waals surface area contributed by atoms with Crippen LogP contribution in [-0.4, -0.2) is 7.11 Å². The van der Waals surface area contributed by atoms with Gasteiger partial charge in [-0.05, 0) is 48.4 Å². The van der Waals surface area contributed by atoms with Crippen molar-refractivity contribution < 1.29 is 9.47 Å². The molecule has 0 aromatic heterocycles. The lowest BCUT2D eigenvalue weighted by molar-refractivity contribution is 0.305. The number of benzene rings is 2. The minimum absolute atomic E-state index is 0.433. The van der Waals surface area contributed by atoms with Gasteiger partial charge in [0.25, 0.3) is 0 Å². The molecule has 0 radical (unpaired) electrons. The third-order valence-corrected chi connectivity index (χ3v) is 3.18. The van der Waals surface area contributed by atoms with E-state index >= 15 is 0 Å². The Hall–Kier alpha value is -1.87. The fourth-order valence-electron chi connectivity index (χ4n) is 1.76. The van der Waals surface area contributed by atoms with Crippen LogP contribution in [0.4, 0.5) is 5.69 Å². The molecule has 2 aromatic rings. The first-order valence-electron chi connectivity index (χ1n) is 5.91. The van der Waals surface area contributed by atoms with E-state index in [1.807, 2.05) is 37.3 Å². The van der Waals surface area contributed by atoms with Gasteiger partial charge in [-0.25, -0.2) is 0 Å². The van der Waals surface area contributed by atoms with Crippen LogP contribution in [0.25, 0.3) is 0 Å². The van der Waals surface area contributed by atoms with Gasteiger partial charge in [0.1, 0.15) is 18.1 Å². The molecular weight excluding hydrogens is 262 g/mol. The van der Waals surface area contributed by atoms with Gasteiger partial charge in [-0.1, -0.05) is 11.6 Å². The van der Waals surface area contributed by atoms with E-state index in [4.69, 9.17) is 26.8 Å². The predicted octanol–water partition coefficient (Wildman–Crippen LogP) is 3.82. The Balaban J connectivity index is 2.09. The molecule has 0 amide bonds. The Labute approximate surface area is 117 Å². The molecule has 0 heterocycles. The Morgan fingerprint density at radius 1 is 1.11 bits per heavy atom. The normalized spacial score (nSPS) is 10.3. The molecule has 0 aliphatic carbocycles. The van der Waals surface area contributed by atoms with Crippen LogP contribution in [0.2, 0.25) is 5.02 Å². The number of anilines is 1. The van der Waals surface area contributed by atoms with Crippen LogP contribution >= 0.6 is 11.6 Å². The lowest BCUT2D eigenvalue weighted by Gasteiger charge is -2.10. The molecule has 0 spiro atoms. The molecular formula is C15H16ClNO2. The van der Waals surface area contributed by atoms with E-state index in [2.05, 4.69) is 0 Å². The highest BCUT2D eigenvalue weighted by molar-refractivity contribution is 6.31. The summed E-state index contributed by atoms with van der Waals surface area (Å²) in [7, 11) is 1.61. The Morgan fingerprint density at radius 3 is 2.58 bits per heavy atom. The van der Waals surface area contributed by atoms with E-state index < -0.39 is 0 Å². The second-order valence-corrected chi connectivity index (χ2v) is 4.72. The topological polar surface area (TPSA) is 44.5 Å². The summed E-state index contributed by atoms with van der Waals surface area (Å²) < 4.78 is 10.9. The van der Waals surface area contributed by atoms with Crippen molar-refractivity contribution in [1.82, 2.24) is 0 Å². The molecule has 0 aliphatic rings. The van der Waals surface area contributed by atoms with Crippen LogP contribution in [-0.2, 0) is 6.61 Å². The van der Waals surface area contributed by atoms with Gasteiger partial charge in [0.2, 0.25) is 0 Å². The van der Waals surface area contributed by atoms with Crippen molar-refractivity contribution >= 4 is 17.3 Å². The third kappa shape index (κ3) is 3.55. The monoisotopic (exact) mass is 277 g/mol. The van der Waals surface area contributed by atoms with Gasteiger partial charge in [0, 0.05) is 16.8 Å². The molecule has 2 rings (SSSR count). The van der Waals surface area contributed by atoms with E-state index in [-0.39, 0.29) is 0 Å². The summed E-state index contributed by atoms with van der Waals surface area (Å²) in [5.74, 6) is 1.51. The van der Waals surface area contributed by atoms with Crippen molar-refractivity contribution in [1.29, 1.82) is 0 Å². The van der Waals surface area contributed by atoms with Crippen molar-refractivity contribution in [3.63, 3.8) is 0 Å². The fraction of sp³-hybridized carbons (Fsp3) is 0.200. The highest BCUT2D eigenvalue weighted by Crippen LogP contribution is 2.23. The second kappa shape index (κ2) is 5.85. The number of hydrogen-bond donors (Lipinski definition) is 1. The molecule has 0 saturated heterocycles. The first-order valence-corrected chi connectivity index (χ1v) is 6.28. The van der Waals surface area contributed by atoms with Gasteiger partial charge < -0.3 is 15.2 Å². The van der Waals surface area contributed by atoms with Crippen LogP contribution < -0.4 is 15.2 Å². The maximum Gasteiger partial charge on any atom is 0.121 e. The van der Waals surface area contributed by atoms with Crippen molar-refractivity contribution in [3.8, 4) is 11.5 Å². The van der Waals surface area contributed by atoms with Crippen molar-refractivity contribution in [3.05, 3.63) is 52.5 Å². The van der Waals surface area contributed by atoms with E-state index in [1.165, 1.54) is 0 Å². The number of methoxy groups -OCH3 is 1. The molecule has 0 bridgehead atoms. The van der Waals surface area contributed by atoms with Gasteiger partial charge in [-0.2, -0.15) is 0 Å². The zero-order valence-corrected chi connectivity index (χ0v) is 11.7. The van der Waals surface area contributed by atoms with Gasteiger partial charge in [-0.15, -0.1) is 0 Å². The maximum atomic E-state index is 5.97. The number of hydrogen-bond acceptors (Lipinski definition) is 3. The summed E-state index contributed by atoms with van der Waals surface area (Å²) in [5, 5.41) is 0.734. The van der Waals surface area contributed by atoms with E-state index in [9.17, 15) is 0 Å². The van der Waals surface area contributed by atoms with Crippen molar-refractivity contribution in [2.45, 2.75) is 13.5 Å². The van der Waals surface area contributed by atoms with E-state index in [1.54, 1.807) is 13.2 Å². The minimum atomic E-state index is 0.433. The third-order valence-electron chi connectivity index (χ3n) is 2.76. The number of aryl methyl sites for hydroxylation is 1. The fourth-order valence-corrected chi connectivity index (χ4v) is 1.88. The smallest absolute Gasteiger partial charge is 0.121 e. The maximum absolute atomic E-state index is 5.97. The minimum Gasteiger partial charge on any atom is -0.497 e. The quantitative estimate of drug-likeness (QED) is 0.864. The molecule has 0 aliphatic heterocycles. The number of halogens is 1. The Morgan fingerprint density at radius 2 is 1.89 bits per heavy atom. The Kier molecular flexibility index (Phi) is 4.17. The van der Waals surface area contributed by atoms with Crippen LogP contribution in [0.1, 0.15) is 11.1 Å². The zero-order valence-electron chi connectivity index (χ0n) is 10.9. The first-order chi connectivity index (χ1) is 9.08. The Bertz CT molecular complexity index is 584. The van der Waals surface area contributed by atoms with Crippen LogP contribution in [0, 0.1) is 6.92 Å². The number of ether oxygens (including phenoxy) is 2. The van der Waals surface area contributed by atoms with Crippen molar-refractivity contribution in [2.24, 2.45) is 0 Å². The first kappa shape index (κ1) is 13.6. The summed E-state index contributed by atoms with van der Waals surface area (Å²) in [6.07, 6.45) is 0. The average molecular weight is 278 g/mol. The van der Waals surface area contributed by atoms with Crippen LogP contribution in [0.3, 0.4) is 0 Å². The van der Waals surface area contributed by atoms with Gasteiger partial charge >= 0.3 is 0 Å². The average Bonchev–Trinajstić information content (AvgIpc) is 2.39. The molecule has 0 fully saturated rings. The second-order valence-electron chi connectivity index (χ2n) is 4.31. The molecule has 2 aromatic carbocycles. The molecule has 4 heteroatoms. The SMILES string of the molecule is COc1cc(N)cc(COc2ccc(Cl)c(C)c2)c1. The molecule has 19 heavy (non-hydrogen) atoms. The summed E-state index contributed by atoms with van der Waals surface area (Å²) in [5.41, 5.74) is 8.41. The summed E-state index contributed by atoms with van der Waals surface area (Å²) in [6, 6.07) is 11.1. The summed E-state index contributed by atoms with van der Waals surface area (Å²) in [6.45, 7) is 2.38. The van der Waals surface area contributed by atoms with Crippen LogP contribution in [0.5, 0.6) is 11.5 Å². The largest absolute Gasteiger partial charge is 0.497 e. The van der Waals surface area contributed by atoms with Crippen LogP contribution in [0.15, 0.2) is 36.4 Å². The van der Waals surface area contributed by atoms with E-state index in [0.29, 0.717) is 12.3 Å². The molecule has 0 unspecified atom stereocenters. The standard InChI is InChI=1S/C15H16ClNO2/c1-10-5-13(3-4-15(10)16)19-9-11-6-12(17)8-14(7-11)18-2/h3-8H,9,17H2,1-2H3. The lowest BCUT2D eigenvalue weighted by Crippen LogP contribution is -1.98.